The molecule has 0 unspecified atom stereocenters. The Bertz CT molecular complexity index is 875. The summed E-state index contributed by atoms with van der Waals surface area (Å²) in [7, 11) is 0. The lowest BCUT2D eigenvalue weighted by atomic mass is 9.96. The van der Waals surface area contributed by atoms with Gasteiger partial charge in [0.2, 0.25) is 0 Å². The molecule has 1 heterocycles. The number of aromatic nitrogens is 1. The lowest BCUT2D eigenvalue weighted by Gasteiger charge is -2.11. The number of halogens is 1. The molecule has 0 aliphatic heterocycles. The van der Waals surface area contributed by atoms with Crippen molar-refractivity contribution in [2.45, 2.75) is 6.92 Å². The number of nitrogen functional groups attached to an aromatic ring is 1. The average molecular weight is 359 g/mol. The summed E-state index contributed by atoms with van der Waals surface area (Å²) >= 11 is 3.37. The molecule has 22 heavy (non-hydrogen) atoms. The number of aromatic amines is 1. The molecule has 0 amide bonds. The van der Waals surface area contributed by atoms with E-state index in [0.717, 1.165) is 0 Å². The molecule has 0 aliphatic rings. The van der Waals surface area contributed by atoms with Crippen LogP contribution in [0.3, 0.4) is 0 Å². The second-order valence-corrected chi connectivity index (χ2v) is 5.15. The highest BCUT2D eigenvalue weighted by molar-refractivity contribution is 9.10. The van der Waals surface area contributed by atoms with Gasteiger partial charge in [-0.3, -0.25) is 4.79 Å². The van der Waals surface area contributed by atoms with E-state index < -0.39 is 5.56 Å². The third kappa shape index (κ3) is 2.67. The predicted molar refractivity (Wildman–Crippen MR) is 85.2 cm³/mol. The van der Waals surface area contributed by atoms with Gasteiger partial charge >= 0.3 is 0 Å². The summed E-state index contributed by atoms with van der Waals surface area (Å²) < 4.78 is 6.07. The minimum atomic E-state index is -0.626. The fraction of sp³-hybridized carbons (Fsp3) is 0.133. The smallest absolute Gasteiger partial charge is 0.268 e. The van der Waals surface area contributed by atoms with E-state index in [1.165, 1.54) is 0 Å². The second kappa shape index (κ2) is 6.33. The number of nitrogens with one attached hydrogen (secondary N) is 1. The van der Waals surface area contributed by atoms with Crippen LogP contribution in [0.5, 0.6) is 5.75 Å². The van der Waals surface area contributed by atoms with Crippen LogP contribution >= 0.6 is 15.9 Å². The Labute approximate surface area is 134 Å². The predicted octanol–water partition coefficient (Wildman–Crippen LogP) is 2.53. The Morgan fingerprint density at radius 3 is 2.55 bits per heavy atom. The van der Waals surface area contributed by atoms with E-state index in [4.69, 9.17) is 10.5 Å². The van der Waals surface area contributed by atoms with Crippen molar-refractivity contribution >= 4 is 21.7 Å². The molecular formula is C15H11BrN4O2. The summed E-state index contributed by atoms with van der Waals surface area (Å²) in [6.45, 7) is 2.36. The maximum atomic E-state index is 11.9. The monoisotopic (exact) mass is 358 g/mol. The number of pyridine rings is 1. The fourth-order valence-corrected chi connectivity index (χ4v) is 2.55. The standard InChI is InChI=1S/C15H11BrN4O2/c1-2-22-12-4-3-8(5-11(12)16)13-9(6-17)14(19)20-15(21)10(13)7-18/h3-5H,2H2,1H3,(H3,19,20,21). The number of nitriles is 2. The highest BCUT2D eigenvalue weighted by atomic mass is 79.9. The third-order valence-electron chi connectivity index (χ3n) is 2.99. The number of ether oxygens (including phenoxy) is 1. The molecule has 0 radical (unpaired) electrons. The molecular weight excluding hydrogens is 348 g/mol. The second-order valence-electron chi connectivity index (χ2n) is 4.29. The van der Waals surface area contributed by atoms with Crippen LogP contribution in [-0.4, -0.2) is 11.6 Å². The zero-order valence-corrected chi connectivity index (χ0v) is 13.2. The largest absolute Gasteiger partial charge is 0.493 e. The van der Waals surface area contributed by atoms with Crippen LogP contribution in [0.25, 0.3) is 11.1 Å². The molecule has 0 fully saturated rings. The van der Waals surface area contributed by atoms with E-state index in [9.17, 15) is 15.3 Å². The minimum absolute atomic E-state index is 0.0622. The third-order valence-corrected chi connectivity index (χ3v) is 3.61. The summed E-state index contributed by atoms with van der Waals surface area (Å²) in [5, 5.41) is 18.5. The van der Waals surface area contributed by atoms with Gasteiger partial charge in [0, 0.05) is 5.56 Å². The van der Waals surface area contributed by atoms with Crippen molar-refractivity contribution < 1.29 is 4.74 Å². The molecule has 3 N–H and O–H groups in total. The molecule has 7 heteroatoms. The molecule has 0 atom stereocenters. The number of hydrogen-bond donors (Lipinski definition) is 2. The number of H-pyrrole nitrogens is 1. The Morgan fingerprint density at radius 2 is 2.00 bits per heavy atom. The van der Waals surface area contributed by atoms with E-state index in [1.54, 1.807) is 18.2 Å². The number of benzene rings is 1. The van der Waals surface area contributed by atoms with Gasteiger partial charge < -0.3 is 15.5 Å². The van der Waals surface area contributed by atoms with E-state index in [2.05, 4.69) is 20.9 Å². The highest BCUT2D eigenvalue weighted by Crippen LogP contribution is 2.34. The Morgan fingerprint density at radius 1 is 1.32 bits per heavy atom. The number of nitrogens with two attached hydrogens (primary N) is 1. The van der Waals surface area contributed by atoms with Crippen LogP contribution in [0.4, 0.5) is 5.82 Å². The van der Waals surface area contributed by atoms with Gasteiger partial charge in [-0.25, -0.2) is 0 Å². The quantitative estimate of drug-likeness (QED) is 0.874. The molecule has 2 rings (SSSR count). The van der Waals surface area contributed by atoms with Gasteiger partial charge in [0.25, 0.3) is 5.56 Å². The van der Waals surface area contributed by atoms with Crippen molar-refractivity contribution in [3.63, 3.8) is 0 Å². The summed E-state index contributed by atoms with van der Waals surface area (Å²) in [4.78, 5) is 14.2. The van der Waals surface area contributed by atoms with Gasteiger partial charge in [-0.2, -0.15) is 10.5 Å². The van der Waals surface area contributed by atoms with Gasteiger partial charge in [-0.05, 0) is 40.5 Å². The van der Waals surface area contributed by atoms with Crippen LogP contribution < -0.4 is 16.0 Å². The zero-order valence-electron chi connectivity index (χ0n) is 11.6. The first-order valence-electron chi connectivity index (χ1n) is 6.32. The SMILES string of the molecule is CCOc1ccc(-c2c(C#N)c(N)[nH]c(=O)c2C#N)cc1Br. The summed E-state index contributed by atoms with van der Waals surface area (Å²) in [5.41, 5.74) is 5.72. The van der Waals surface area contributed by atoms with Gasteiger partial charge in [0.15, 0.2) is 0 Å². The summed E-state index contributed by atoms with van der Waals surface area (Å²) in [5.74, 6) is 0.563. The number of nitrogens with zero attached hydrogens (tertiary/aromatic N) is 2. The first kappa shape index (κ1) is 15.6. The molecule has 0 aliphatic carbocycles. The lowest BCUT2D eigenvalue weighted by Crippen LogP contribution is -2.16. The summed E-state index contributed by atoms with van der Waals surface area (Å²) in [6, 6.07) is 8.81. The number of rotatable bonds is 3. The van der Waals surface area contributed by atoms with Crippen molar-refractivity contribution in [3.8, 4) is 29.0 Å². The van der Waals surface area contributed by atoms with Crippen LogP contribution in [0.1, 0.15) is 18.1 Å². The maximum absolute atomic E-state index is 11.9. The van der Waals surface area contributed by atoms with Gasteiger partial charge in [-0.1, -0.05) is 6.07 Å². The first-order chi connectivity index (χ1) is 10.5. The van der Waals surface area contributed by atoms with E-state index >= 15 is 0 Å². The normalized spacial score (nSPS) is 9.82. The van der Waals surface area contributed by atoms with Crippen molar-refractivity contribution in [3.05, 3.63) is 44.2 Å². The molecule has 6 nitrogen and oxygen atoms in total. The molecule has 0 bridgehead atoms. The summed E-state index contributed by atoms with van der Waals surface area (Å²) in [6.07, 6.45) is 0. The van der Waals surface area contributed by atoms with E-state index in [-0.39, 0.29) is 22.5 Å². The molecule has 1 aromatic heterocycles. The zero-order chi connectivity index (χ0) is 16.3. The Balaban J connectivity index is 2.78. The van der Waals surface area contributed by atoms with Crippen LogP contribution in [-0.2, 0) is 0 Å². The van der Waals surface area contributed by atoms with Crippen molar-refractivity contribution in [1.29, 1.82) is 10.5 Å². The molecule has 0 saturated heterocycles. The highest BCUT2D eigenvalue weighted by Gasteiger charge is 2.18. The average Bonchev–Trinajstić information content (AvgIpc) is 2.49. The van der Waals surface area contributed by atoms with Crippen molar-refractivity contribution in [2.24, 2.45) is 0 Å². The molecule has 1 aromatic carbocycles. The van der Waals surface area contributed by atoms with Crippen LogP contribution in [0.2, 0.25) is 0 Å². The van der Waals surface area contributed by atoms with Gasteiger partial charge in [0.1, 0.15) is 34.8 Å². The molecule has 110 valence electrons. The minimum Gasteiger partial charge on any atom is -0.493 e. The van der Waals surface area contributed by atoms with Gasteiger partial charge in [-0.15, -0.1) is 0 Å². The first-order valence-corrected chi connectivity index (χ1v) is 7.11. The van der Waals surface area contributed by atoms with Crippen LogP contribution in [0.15, 0.2) is 27.5 Å². The van der Waals surface area contributed by atoms with Gasteiger partial charge in [0.05, 0.1) is 11.1 Å². The topological polar surface area (TPSA) is 116 Å². The number of hydrogen-bond acceptors (Lipinski definition) is 5. The van der Waals surface area contributed by atoms with Crippen molar-refractivity contribution in [1.82, 2.24) is 4.98 Å². The fourth-order valence-electron chi connectivity index (χ4n) is 2.06. The van der Waals surface area contributed by atoms with Crippen molar-refractivity contribution in [2.75, 3.05) is 12.3 Å². The maximum Gasteiger partial charge on any atom is 0.268 e. The molecule has 0 saturated carbocycles. The van der Waals surface area contributed by atoms with E-state index in [1.807, 2.05) is 19.1 Å². The lowest BCUT2D eigenvalue weighted by molar-refractivity contribution is 0.338. The Kier molecular flexibility index (Phi) is 4.50. The molecule has 2 aromatic rings. The van der Waals surface area contributed by atoms with Crippen LogP contribution in [0, 0.1) is 22.7 Å². The van der Waals surface area contributed by atoms with E-state index in [0.29, 0.717) is 22.4 Å². The molecule has 0 spiro atoms. The Hall–Kier alpha value is -2.77. The number of anilines is 1.